The van der Waals surface area contributed by atoms with Gasteiger partial charge in [-0.2, -0.15) is 0 Å². The normalized spacial score (nSPS) is 29.0. The molecule has 1 aliphatic heterocycles. The van der Waals surface area contributed by atoms with Crippen LogP contribution in [0.3, 0.4) is 0 Å². The van der Waals surface area contributed by atoms with Crippen molar-refractivity contribution in [1.82, 2.24) is 0 Å². The van der Waals surface area contributed by atoms with Crippen LogP contribution in [0.4, 0.5) is 0 Å². The second-order valence-corrected chi connectivity index (χ2v) is 7.67. The van der Waals surface area contributed by atoms with Gasteiger partial charge in [-0.15, -0.1) is 0 Å². The molecule has 2 N–H and O–H groups in total. The maximum atomic E-state index is 9.98. The van der Waals surface area contributed by atoms with Crippen molar-refractivity contribution in [2.45, 2.75) is 51.1 Å². The topological polar surface area (TPSA) is 33.9 Å². The van der Waals surface area contributed by atoms with Crippen LogP contribution in [-0.2, 0) is 6.54 Å². The Balaban J connectivity index is 1.77. The summed E-state index contributed by atoms with van der Waals surface area (Å²) in [5.41, 5.74) is 1.29. The molecular formula is C17H25INO2+. The first kappa shape index (κ1) is 15.4. The Morgan fingerprint density at radius 3 is 2.81 bits per heavy atom. The Labute approximate surface area is 140 Å². The molecule has 3 nitrogen and oxygen atoms in total. The van der Waals surface area contributed by atoms with Gasteiger partial charge in [0, 0.05) is 11.5 Å². The minimum Gasteiger partial charge on any atom is -0.504 e. The van der Waals surface area contributed by atoms with Gasteiger partial charge in [-0.1, -0.05) is 6.42 Å². The van der Waals surface area contributed by atoms with E-state index in [-0.39, 0.29) is 5.75 Å². The number of likely N-dealkylation sites (tertiary alicyclic amines) is 1. The van der Waals surface area contributed by atoms with Crippen molar-refractivity contribution in [3.63, 3.8) is 0 Å². The minimum atomic E-state index is 0.269. The molecule has 1 unspecified atom stereocenters. The van der Waals surface area contributed by atoms with E-state index < -0.39 is 0 Å². The average Bonchev–Trinajstić information content (AvgIpc) is 2.51. The monoisotopic (exact) mass is 402 g/mol. The number of rotatable bonds is 3. The zero-order chi connectivity index (χ0) is 14.8. The molecule has 116 valence electrons. The van der Waals surface area contributed by atoms with Gasteiger partial charge in [0.1, 0.15) is 6.54 Å². The number of aromatic hydroxyl groups is 1. The second kappa shape index (κ2) is 6.73. The van der Waals surface area contributed by atoms with Crippen LogP contribution in [0.25, 0.3) is 0 Å². The van der Waals surface area contributed by atoms with E-state index in [1.807, 2.05) is 6.07 Å². The van der Waals surface area contributed by atoms with Crippen molar-refractivity contribution in [3.05, 3.63) is 21.3 Å². The van der Waals surface area contributed by atoms with Gasteiger partial charge in [-0.3, -0.25) is 0 Å². The van der Waals surface area contributed by atoms with Gasteiger partial charge >= 0.3 is 0 Å². The highest BCUT2D eigenvalue weighted by Gasteiger charge is 2.36. The molecule has 1 saturated carbocycles. The van der Waals surface area contributed by atoms with Crippen molar-refractivity contribution in [2.75, 3.05) is 13.7 Å². The highest BCUT2D eigenvalue weighted by atomic mass is 127. The number of ether oxygens (including phenoxy) is 1. The summed E-state index contributed by atoms with van der Waals surface area (Å²) in [4.78, 5) is 1.74. The molecule has 0 spiro atoms. The van der Waals surface area contributed by atoms with Gasteiger partial charge in [-0.25, -0.2) is 0 Å². The fourth-order valence-corrected chi connectivity index (χ4v) is 4.90. The second-order valence-electron chi connectivity index (χ2n) is 6.51. The van der Waals surface area contributed by atoms with E-state index in [1.54, 1.807) is 12.0 Å². The first-order valence-electron chi connectivity index (χ1n) is 8.09. The van der Waals surface area contributed by atoms with E-state index in [9.17, 15) is 5.11 Å². The summed E-state index contributed by atoms with van der Waals surface area (Å²) in [6, 6.07) is 4.97. The van der Waals surface area contributed by atoms with Crippen LogP contribution in [0.2, 0.25) is 0 Å². The molecular weight excluding hydrogens is 377 g/mol. The van der Waals surface area contributed by atoms with Gasteiger partial charge in [0.15, 0.2) is 11.5 Å². The van der Waals surface area contributed by atoms with Crippen LogP contribution < -0.4 is 9.64 Å². The molecule has 3 atom stereocenters. The van der Waals surface area contributed by atoms with Crippen LogP contribution in [0.15, 0.2) is 12.1 Å². The quantitative estimate of drug-likeness (QED) is 0.763. The number of hydrogen-bond acceptors (Lipinski definition) is 2. The van der Waals surface area contributed by atoms with Crippen molar-refractivity contribution < 1.29 is 14.7 Å². The first-order valence-corrected chi connectivity index (χ1v) is 9.17. The molecule has 1 aromatic carbocycles. The highest BCUT2D eigenvalue weighted by molar-refractivity contribution is 14.1. The number of benzene rings is 1. The standard InChI is InChI=1S/C17H24INO2/c1-21-16-10-12(9-14(18)17(16)20)11-19-8-4-6-13-5-2-3-7-15(13)19/h9-10,13,15,20H,2-8,11H2,1H3/p+1/t13-,15+/m1/s1. The van der Waals surface area contributed by atoms with Crippen molar-refractivity contribution in [2.24, 2.45) is 5.92 Å². The SMILES string of the molecule is COc1cc(C[NH+]2CCC[C@H]3CCCC[C@@H]32)cc(I)c1O. The fourth-order valence-electron chi connectivity index (χ4n) is 4.23. The molecule has 0 amide bonds. The predicted octanol–water partition coefficient (Wildman–Crippen LogP) is 2.74. The van der Waals surface area contributed by atoms with Gasteiger partial charge < -0.3 is 14.7 Å². The molecule has 1 aliphatic carbocycles. The van der Waals surface area contributed by atoms with E-state index in [0.29, 0.717) is 5.75 Å². The molecule has 2 aliphatic rings. The Morgan fingerprint density at radius 1 is 1.24 bits per heavy atom. The van der Waals surface area contributed by atoms with Crippen molar-refractivity contribution >= 4 is 22.6 Å². The molecule has 0 bridgehead atoms. The van der Waals surface area contributed by atoms with Gasteiger partial charge in [0.25, 0.3) is 0 Å². The summed E-state index contributed by atoms with van der Waals surface area (Å²) >= 11 is 2.19. The summed E-state index contributed by atoms with van der Waals surface area (Å²) in [6.45, 7) is 2.36. The molecule has 2 fully saturated rings. The summed E-state index contributed by atoms with van der Waals surface area (Å²) in [5, 5.41) is 9.98. The summed E-state index contributed by atoms with van der Waals surface area (Å²) < 4.78 is 6.19. The molecule has 1 heterocycles. The van der Waals surface area contributed by atoms with Gasteiger partial charge in [-0.05, 0) is 66.8 Å². The summed E-state index contributed by atoms with van der Waals surface area (Å²) in [6.07, 6.45) is 8.46. The lowest BCUT2D eigenvalue weighted by Gasteiger charge is -2.41. The van der Waals surface area contributed by atoms with E-state index in [4.69, 9.17) is 4.74 Å². The third-order valence-electron chi connectivity index (χ3n) is 5.25. The third kappa shape index (κ3) is 3.31. The number of nitrogens with one attached hydrogen (secondary N) is 1. The van der Waals surface area contributed by atoms with Crippen LogP contribution in [0, 0.1) is 9.49 Å². The Morgan fingerprint density at radius 2 is 2.00 bits per heavy atom. The number of hydrogen-bond donors (Lipinski definition) is 2. The average molecular weight is 402 g/mol. The number of piperidine rings is 1. The van der Waals surface area contributed by atoms with Crippen LogP contribution >= 0.6 is 22.6 Å². The summed E-state index contributed by atoms with van der Waals surface area (Å²) in [7, 11) is 1.62. The zero-order valence-corrected chi connectivity index (χ0v) is 14.9. The maximum absolute atomic E-state index is 9.98. The number of fused-ring (bicyclic) bond motifs is 1. The molecule has 21 heavy (non-hydrogen) atoms. The number of quaternary nitrogens is 1. The first-order chi connectivity index (χ1) is 10.2. The molecule has 4 heteroatoms. The molecule has 1 aromatic rings. The third-order valence-corrected chi connectivity index (χ3v) is 6.07. The fraction of sp³-hybridized carbons (Fsp3) is 0.647. The highest BCUT2D eigenvalue weighted by Crippen LogP contribution is 2.33. The lowest BCUT2D eigenvalue weighted by atomic mass is 9.78. The van der Waals surface area contributed by atoms with Crippen LogP contribution in [0.5, 0.6) is 11.5 Å². The van der Waals surface area contributed by atoms with Gasteiger partial charge in [0.2, 0.25) is 0 Å². The van der Waals surface area contributed by atoms with Crippen molar-refractivity contribution in [3.8, 4) is 11.5 Å². The smallest absolute Gasteiger partial charge is 0.171 e. The van der Waals surface area contributed by atoms with Crippen LogP contribution in [-0.4, -0.2) is 24.8 Å². The predicted molar refractivity (Wildman–Crippen MR) is 91.9 cm³/mol. The van der Waals surface area contributed by atoms with E-state index in [0.717, 1.165) is 22.1 Å². The number of halogens is 1. The van der Waals surface area contributed by atoms with E-state index in [2.05, 4.69) is 28.7 Å². The van der Waals surface area contributed by atoms with Crippen LogP contribution in [0.1, 0.15) is 44.1 Å². The lowest BCUT2D eigenvalue weighted by molar-refractivity contribution is -0.949. The zero-order valence-electron chi connectivity index (χ0n) is 12.7. The number of phenols is 1. The largest absolute Gasteiger partial charge is 0.504 e. The molecule has 0 aromatic heterocycles. The lowest BCUT2D eigenvalue weighted by Crippen LogP contribution is -3.16. The number of phenolic OH excluding ortho intramolecular Hbond substituents is 1. The molecule has 0 radical (unpaired) electrons. The number of methoxy groups -OCH3 is 1. The maximum Gasteiger partial charge on any atom is 0.171 e. The van der Waals surface area contributed by atoms with E-state index >= 15 is 0 Å². The minimum absolute atomic E-state index is 0.269. The van der Waals surface area contributed by atoms with Gasteiger partial charge in [0.05, 0.1) is 23.3 Å². The molecule has 1 saturated heterocycles. The Bertz CT molecular complexity index is 504. The van der Waals surface area contributed by atoms with E-state index in [1.165, 1.54) is 50.6 Å². The summed E-state index contributed by atoms with van der Waals surface area (Å²) in [5.74, 6) is 1.82. The molecule has 3 rings (SSSR count). The Hall–Kier alpha value is -0.490. The Kier molecular flexibility index (Phi) is 4.94. The van der Waals surface area contributed by atoms with Crippen molar-refractivity contribution in [1.29, 1.82) is 0 Å².